The zero-order valence-corrected chi connectivity index (χ0v) is 11.5. The number of halogens is 1. The van der Waals surface area contributed by atoms with Crippen LogP contribution in [-0.4, -0.2) is 10.1 Å². The van der Waals surface area contributed by atoms with Gasteiger partial charge in [-0.3, -0.25) is 0 Å². The van der Waals surface area contributed by atoms with Crippen LogP contribution in [0.4, 0.5) is 0 Å². The molecule has 0 saturated carbocycles. The largest absolute Gasteiger partial charge is 0.334 e. The Bertz CT molecular complexity index is 664. The Morgan fingerprint density at radius 2 is 1.67 bits per heavy atom. The highest BCUT2D eigenvalue weighted by Gasteiger charge is 2.10. The number of hydrogen-bond donors (Lipinski definition) is 0. The van der Waals surface area contributed by atoms with Gasteiger partial charge in [0.25, 0.3) is 5.89 Å². The van der Waals surface area contributed by atoms with Gasteiger partial charge in [-0.05, 0) is 40.8 Å². The van der Waals surface area contributed by atoms with Crippen molar-refractivity contribution in [3.63, 3.8) is 0 Å². The Hall–Kier alpha value is -1.69. The van der Waals surface area contributed by atoms with E-state index in [1.54, 1.807) is 0 Å². The van der Waals surface area contributed by atoms with Crippen LogP contribution in [0.1, 0.15) is 0 Å². The van der Waals surface area contributed by atoms with Gasteiger partial charge in [-0.1, -0.05) is 41.6 Å². The molecule has 1 heterocycles. The van der Waals surface area contributed by atoms with Crippen molar-refractivity contribution in [1.82, 2.24) is 10.1 Å². The molecule has 0 aliphatic carbocycles. The van der Waals surface area contributed by atoms with E-state index < -0.39 is 0 Å². The van der Waals surface area contributed by atoms with Gasteiger partial charge >= 0.3 is 0 Å². The first-order valence-electron chi connectivity index (χ1n) is 5.48. The van der Waals surface area contributed by atoms with E-state index >= 15 is 0 Å². The fraction of sp³-hybridized carbons (Fsp3) is 0. The monoisotopic (exact) mass is 348 g/mol. The number of hydrogen-bond acceptors (Lipinski definition) is 3. The van der Waals surface area contributed by atoms with E-state index in [-0.39, 0.29) is 0 Å². The highest BCUT2D eigenvalue weighted by molar-refractivity contribution is 14.1. The van der Waals surface area contributed by atoms with Gasteiger partial charge in [0.05, 0.1) is 0 Å². The third kappa shape index (κ3) is 2.28. The molecule has 2 aromatic carbocycles. The first-order valence-corrected chi connectivity index (χ1v) is 6.56. The molecule has 88 valence electrons. The second kappa shape index (κ2) is 4.89. The molecule has 0 unspecified atom stereocenters. The van der Waals surface area contributed by atoms with Crippen LogP contribution in [0.5, 0.6) is 0 Å². The normalized spacial score (nSPS) is 10.5. The summed E-state index contributed by atoms with van der Waals surface area (Å²) in [6.07, 6.45) is 0. The van der Waals surface area contributed by atoms with Gasteiger partial charge in [-0.2, -0.15) is 4.98 Å². The lowest BCUT2D eigenvalue weighted by molar-refractivity contribution is 0.432. The summed E-state index contributed by atoms with van der Waals surface area (Å²) < 4.78 is 6.44. The molecule has 0 aliphatic rings. The van der Waals surface area contributed by atoms with Crippen molar-refractivity contribution < 1.29 is 4.52 Å². The summed E-state index contributed by atoms with van der Waals surface area (Å²) in [5.41, 5.74) is 1.90. The molecule has 0 amide bonds. The van der Waals surface area contributed by atoms with Crippen molar-refractivity contribution in [3.8, 4) is 22.8 Å². The lowest BCUT2D eigenvalue weighted by Crippen LogP contribution is -1.81. The molecule has 0 N–H and O–H groups in total. The molecule has 0 bridgehead atoms. The molecule has 18 heavy (non-hydrogen) atoms. The summed E-state index contributed by atoms with van der Waals surface area (Å²) in [5.74, 6) is 1.16. The van der Waals surface area contributed by atoms with Crippen LogP contribution in [0.2, 0.25) is 0 Å². The van der Waals surface area contributed by atoms with Gasteiger partial charge < -0.3 is 4.52 Å². The van der Waals surface area contributed by atoms with Gasteiger partial charge in [0, 0.05) is 14.7 Å². The van der Waals surface area contributed by atoms with Crippen LogP contribution in [-0.2, 0) is 0 Å². The molecular formula is C14H9IN2O. The molecule has 1 aromatic heterocycles. The van der Waals surface area contributed by atoms with Gasteiger partial charge in [0.15, 0.2) is 0 Å². The smallest absolute Gasteiger partial charge is 0.258 e. The molecule has 3 rings (SSSR count). The number of aromatic nitrogens is 2. The van der Waals surface area contributed by atoms with Crippen LogP contribution < -0.4 is 0 Å². The second-order valence-electron chi connectivity index (χ2n) is 3.80. The maximum atomic E-state index is 5.30. The average Bonchev–Trinajstić information content (AvgIpc) is 2.89. The predicted octanol–water partition coefficient (Wildman–Crippen LogP) is 4.01. The zero-order chi connectivity index (χ0) is 12.4. The summed E-state index contributed by atoms with van der Waals surface area (Å²) in [4.78, 5) is 4.41. The Morgan fingerprint density at radius 1 is 0.889 bits per heavy atom. The lowest BCUT2D eigenvalue weighted by atomic mass is 10.2. The van der Waals surface area contributed by atoms with Crippen molar-refractivity contribution in [2.24, 2.45) is 0 Å². The SMILES string of the molecule is Ic1cccc(-c2nc(-c3ccccc3)no2)c1. The average molecular weight is 348 g/mol. The Balaban J connectivity index is 2.00. The number of rotatable bonds is 2. The molecule has 3 nitrogen and oxygen atoms in total. The Kier molecular flexibility index (Phi) is 3.10. The van der Waals surface area contributed by atoms with E-state index in [1.165, 1.54) is 0 Å². The van der Waals surface area contributed by atoms with Gasteiger partial charge in [-0.25, -0.2) is 0 Å². The van der Waals surface area contributed by atoms with E-state index in [9.17, 15) is 0 Å². The predicted molar refractivity (Wildman–Crippen MR) is 77.9 cm³/mol. The standard InChI is InChI=1S/C14H9IN2O/c15-12-8-4-7-11(9-12)14-16-13(17-18-14)10-5-2-1-3-6-10/h1-9H. The van der Waals surface area contributed by atoms with Crippen LogP contribution in [0.15, 0.2) is 59.1 Å². The molecule has 0 fully saturated rings. The van der Waals surface area contributed by atoms with Crippen molar-refractivity contribution in [2.75, 3.05) is 0 Å². The quantitative estimate of drug-likeness (QED) is 0.657. The summed E-state index contributed by atoms with van der Waals surface area (Å²) in [7, 11) is 0. The topological polar surface area (TPSA) is 38.9 Å². The zero-order valence-electron chi connectivity index (χ0n) is 9.38. The van der Waals surface area contributed by atoms with Crippen LogP contribution in [0.3, 0.4) is 0 Å². The van der Waals surface area contributed by atoms with Crippen molar-refractivity contribution >= 4 is 22.6 Å². The molecule has 0 aliphatic heterocycles. The van der Waals surface area contributed by atoms with Gasteiger partial charge in [-0.15, -0.1) is 0 Å². The summed E-state index contributed by atoms with van der Waals surface area (Å²) in [6, 6.07) is 17.8. The first kappa shape index (κ1) is 11.4. The van der Waals surface area contributed by atoms with Gasteiger partial charge in [0.2, 0.25) is 5.82 Å². The molecule has 0 radical (unpaired) electrons. The number of benzene rings is 2. The summed E-state index contributed by atoms with van der Waals surface area (Å²) in [5, 5.41) is 4.00. The third-order valence-corrected chi connectivity index (χ3v) is 3.20. The molecule has 0 saturated heterocycles. The summed E-state index contributed by atoms with van der Waals surface area (Å²) in [6.45, 7) is 0. The van der Waals surface area contributed by atoms with E-state index in [2.05, 4.69) is 32.7 Å². The second-order valence-corrected chi connectivity index (χ2v) is 5.05. The van der Waals surface area contributed by atoms with Crippen LogP contribution >= 0.6 is 22.6 Å². The highest BCUT2D eigenvalue weighted by Crippen LogP contribution is 2.23. The maximum absolute atomic E-state index is 5.30. The van der Waals surface area contributed by atoms with Crippen molar-refractivity contribution in [2.45, 2.75) is 0 Å². The van der Waals surface area contributed by atoms with Crippen molar-refractivity contribution in [1.29, 1.82) is 0 Å². The number of nitrogens with zero attached hydrogens (tertiary/aromatic N) is 2. The molecule has 0 spiro atoms. The third-order valence-electron chi connectivity index (χ3n) is 2.53. The Labute approximate surface area is 118 Å². The highest BCUT2D eigenvalue weighted by atomic mass is 127. The van der Waals surface area contributed by atoms with Crippen molar-refractivity contribution in [3.05, 3.63) is 58.2 Å². The minimum atomic E-state index is 0.548. The molecule has 4 heteroatoms. The van der Waals surface area contributed by atoms with E-state index in [0.717, 1.165) is 14.7 Å². The fourth-order valence-corrected chi connectivity index (χ4v) is 2.21. The van der Waals surface area contributed by atoms with Crippen LogP contribution in [0.25, 0.3) is 22.8 Å². The molecular weight excluding hydrogens is 339 g/mol. The van der Waals surface area contributed by atoms with Gasteiger partial charge in [0.1, 0.15) is 0 Å². The van der Waals surface area contributed by atoms with E-state index in [0.29, 0.717) is 11.7 Å². The lowest BCUT2D eigenvalue weighted by Gasteiger charge is -1.94. The maximum Gasteiger partial charge on any atom is 0.258 e. The molecule has 0 atom stereocenters. The van der Waals surface area contributed by atoms with E-state index in [1.807, 2.05) is 54.6 Å². The Morgan fingerprint density at radius 3 is 2.44 bits per heavy atom. The van der Waals surface area contributed by atoms with E-state index in [4.69, 9.17) is 4.52 Å². The minimum absolute atomic E-state index is 0.548. The van der Waals surface area contributed by atoms with Crippen LogP contribution in [0, 0.1) is 3.57 Å². The molecule has 3 aromatic rings. The first-order chi connectivity index (χ1) is 8.83. The fourth-order valence-electron chi connectivity index (χ4n) is 1.67. The minimum Gasteiger partial charge on any atom is -0.334 e. The summed E-state index contributed by atoms with van der Waals surface area (Å²) >= 11 is 2.26.